The standard InChI is InChI=1S/C16H19N3O4S2/c1-10(2)18-13(20)6-17-14(21)7-23-15(22)5-12-9-25-16(19-12)11-3-4-24-8-11/h3-4,8-10H,5-7H2,1-2H3,(H,17,21)(H,18,20). The van der Waals surface area contributed by atoms with E-state index in [2.05, 4.69) is 15.6 Å². The lowest BCUT2D eigenvalue weighted by molar-refractivity contribution is -0.148. The van der Waals surface area contributed by atoms with Crippen molar-refractivity contribution in [2.45, 2.75) is 26.3 Å². The van der Waals surface area contributed by atoms with Crippen molar-refractivity contribution in [3.63, 3.8) is 0 Å². The zero-order valence-corrected chi connectivity index (χ0v) is 15.5. The number of esters is 1. The Morgan fingerprint density at radius 1 is 1.24 bits per heavy atom. The van der Waals surface area contributed by atoms with Crippen LogP contribution in [0.2, 0.25) is 0 Å². The van der Waals surface area contributed by atoms with E-state index in [4.69, 9.17) is 4.74 Å². The summed E-state index contributed by atoms with van der Waals surface area (Å²) in [6, 6.07) is 1.96. The van der Waals surface area contributed by atoms with E-state index >= 15 is 0 Å². The van der Waals surface area contributed by atoms with Crippen molar-refractivity contribution in [1.29, 1.82) is 0 Å². The maximum atomic E-state index is 11.8. The quantitative estimate of drug-likeness (QED) is 0.677. The molecule has 0 aromatic carbocycles. The topological polar surface area (TPSA) is 97.4 Å². The highest BCUT2D eigenvalue weighted by Crippen LogP contribution is 2.25. The average Bonchev–Trinajstić information content (AvgIpc) is 3.21. The number of thiazole rings is 1. The van der Waals surface area contributed by atoms with Gasteiger partial charge in [-0.05, 0) is 25.3 Å². The average molecular weight is 381 g/mol. The van der Waals surface area contributed by atoms with E-state index in [1.54, 1.807) is 16.7 Å². The molecule has 2 heterocycles. The van der Waals surface area contributed by atoms with E-state index in [0.29, 0.717) is 5.69 Å². The zero-order valence-electron chi connectivity index (χ0n) is 13.9. The van der Waals surface area contributed by atoms with E-state index < -0.39 is 18.5 Å². The Morgan fingerprint density at radius 2 is 2.04 bits per heavy atom. The molecule has 0 aliphatic rings. The van der Waals surface area contributed by atoms with Crippen molar-refractivity contribution in [3.05, 3.63) is 27.9 Å². The Morgan fingerprint density at radius 3 is 2.72 bits per heavy atom. The lowest BCUT2D eigenvalue weighted by Gasteiger charge is -2.09. The Kier molecular flexibility index (Phi) is 7.08. The van der Waals surface area contributed by atoms with Crippen molar-refractivity contribution in [2.75, 3.05) is 13.2 Å². The molecule has 7 nitrogen and oxygen atoms in total. The summed E-state index contributed by atoms with van der Waals surface area (Å²) in [6.07, 6.45) is 0.00174. The number of amides is 2. The largest absolute Gasteiger partial charge is 0.455 e. The van der Waals surface area contributed by atoms with Gasteiger partial charge in [0.15, 0.2) is 6.61 Å². The number of nitrogens with zero attached hydrogens (tertiary/aromatic N) is 1. The van der Waals surface area contributed by atoms with Crippen LogP contribution in [0, 0.1) is 0 Å². The first-order chi connectivity index (χ1) is 11.9. The van der Waals surface area contributed by atoms with Gasteiger partial charge in [0.05, 0.1) is 18.7 Å². The van der Waals surface area contributed by atoms with Crippen LogP contribution in [0.4, 0.5) is 0 Å². The molecule has 0 aliphatic carbocycles. The summed E-state index contributed by atoms with van der Waals surface area (Å²) in [6.45, 7) is 3.08. The Balaban J connectivity index is 1.70. The maximum Gasteiger partial charge on any atom is 0.312 e. The molecule has 0 saturated heterocycles. The Labute approximate surface area is 153 Å². The minimum absolute atomic E-state index is 0.000637. The molecule has 0 bridgehead atoms. The van der Waals surface area contributed by atoms with Crippen LogP contribution >= 0.6 is 22.7 Å². The van der Waals surface area contributed by atoms with Gasteiger partial charge in [0.25, 0.3) is 5.91 Å². The van der Waals surface area contributed by atoms with Gasteiger partial charge in [-0.3, -0.25) is 14.4 Å². The number of hydrogen-bond acceptors (Lipinski definition) is 7. The highest BCUT2D eigenvalue weighted by molar-refractivity contribution is 7.14. The smallest absolute Gasteiger partial charge is 0.312 e. The first-order valence-corrected chi connectivity index (χ1v) is 9.45. The molecule has 0 fully saturated rings. The summed E-state index contributed by atoms with van der Waals surface area (Å²) in [4.78, 5) is 39.1. The van der Waals surface area contributed by atoms with Crippen LogP contribution in [0.5, 0.6) is 0 Å². The summed E-state index contributed by atoms with van der Waals surface area (Å²) in [5.74, 6) is -1.36. The second-order valence-corrected chi connectivity index (χ2v) is 7.13. The van der Waals surface area contributed by atoms with Crippen molar-refractivity contribution < 1.29 is 19.1 Å². The molecular weight excluding hydrogens is 362 g/mol. The molecule has 0 aliphatic heterocycles. The van der Waals surface area contributed by atoms with E-state index in [-0.39, 0.29) is 24.9 Å². The van der Waals surface area contributed by atoms with Crippen LogP contribution in [0.25, 0.3) is 10.6 Å². The third-order valence-electron chi connectivity index (χ3n) is 2.91. The summed E-state index contributed by atoms with van der Waals surface area (Å²) in [5, 5.41) is 11.6. The van der Waals surface area contributed by atoms with E-state index in [9.17, 15) is 14.4 Å². The second-order valence-electron chi connectivity index (χ2n) is 5.49. The molecular formula is C16H19N3O4S2. The third kappa shape index (κ3) is 6.63. The van der Waals surface area contributed by atoms with Gasteiger partial charge < -0.3 is 15.4 Å². The van der Waals surface area contributed by atoms with Gasteiger partial charge in [-0.15, -0.1) is 11.3 Å². The minimum atomic E-state index is -0.538. The van der Waals surface area contributed by atoms with Gasteiger partial charge in [-0.25, -0.2) is 4.98 Å². The SMILES string of the molecule is CC(C)NC(=O)CNC(=O)COC(=O)Cc1csc(-c2ccsc2)n1. The van der Waals surface area contributed by atoms with Gasteiger partial charge in [0.1, 0.15) is 5.01 Å². The Bertz CT molecular complexity index is 726. The molecule has 9 heteroatoms. The van der Waals surface area contributed by atoms with Crippen LogP contribution in [0.3, 0.4) is 0 Å². The second kappa shape index (κ2) is 9.28. The summed E-state index contributed by atoms with van der Waals surface area (Å²) >= 11 is 3.03. The highest BCUT2D eigenvalue weighted by atomic mass is 32.1. The monoisotopic (exact) mass is 381 g/mol. The van der Waals surface area contributed by atoms with Crippen LogP contribution < -0.4 is 10.6 Å². The molecule has 2 aromatic heterocycles. The molecule has 0 unspecified atom stereocenters. The van der Waals surface area contributed by atoms with Crippen LogP contribution in [-0.4, -0.2) is 42.0 Å². The van der Waals surface area contributed by atoms with Crippen molar-refractivity contribution in [2.24, 2.45) is 0 Å². The van der Waals surface area contributed by atoms with E-state index in [1.165, 1.54) is 11.3 Å². The fourth-order valence-corrected chi connectivity index (χ4v) is 3.39. The predicted molar refractivity (Wildman–Crippen MR) is 96.4 cm³/mol. The lowest BCUT2D eigenvalue weighted by atomic mass is 10.3. The van der Waals surface area contributed by atoms with Gasteiger partial charge in [0, 0.05) is 22.4 Å². The number of aromatic nitrogens is 1. The molecule has 134 valence electrons. The molecule has 0 radical (unpaired) electrons. The minimum Gasteiger partial charge on any atom is -0.455 e. The first-order valence-electron chi connectivity index (χ1n) is 7.62. The molecule has 0 saturated carbocycles. The number of thiophene rings is 1. The molecule has 25 heavy (non-hydrogen) atoms. The number of carbonyl (C=O) groups is 3. The Hall–Kier alpha value is -2.26. The van der Waals surface area contributed by atoms with Crippen molar-refractivity contribution in [1.82, 2.24) is 15.6 Å². The van der Waals surface area contributed by atoms with E-state index in [1.807, 2.05) is 30.7 Å². The fraction of sp³-hybridized carbons (Fsp3) is 0.375. The third-order valence-corrected chi connectivity index (χ3v) is 4.53. The molecule has 0 spiro atoms. The maximum absolute atomic E-state index is 11.8. The number of nitrogens with one attached hydrogen (secondary N) is 2. The zero-order chi connectivity index (χ0) is 18.2. The van der Waals surface area contributed by atoms with Gasteiger partial charge in [0.2, 0.25) is 5.91 Å². The van der Waals surface area contributed by atoms with Gasteiger partial charge >= 0.3 is 5.97 Å². The van der Waals surface area contributed by atoms with E-state index in [0.717, 1.165) is 10.6 Å². The number of rotatable bonds is 8. The molecule has 2 N–H and O–H groups in total. The lowest BCUT2D eigenvalue weighted by Crippen LogP contribution is -2.41. The molecule has 2 amide bonds. The normalized spacial score (nSPS) is 10.5. The van der Waals surface area contributed by atoms with Crippen LogP contribution in [-0.2, 0) is 25.5 Å². The molecule has 2 rings (SSSR count). The fourth-order valence-electron chi connectivity index (χ4n) is 1.85. The number of carbonyl (C=O) groups excluding carboxylic acids is 3. The highest BCUT2D eigenvalue weighted by Gasteiger charge is 2.13. The van der Waals surface area contributed by atoms with Crippen LogP contribution in [0.1, 0.15) is 19.5 Å². The summed E-state index contributed by atoms with van der Waals surface area (Å²) in [7, 11) is 0. The summed E-state index contributed by atoms with van der Waals surface area (Å²) in [5.41, 5.74) is 1.63. The number of hydrogen-bond donors (Lipinski definition) is 2. The molecule has 2 aromatic rings. The van der Waals surface area contributed by atoms with Crippen molar-refractivity contribution >= 4 is 40.5 Å². The van der Waals surface area contributed by atoms with Gasteiger partial charge in [-0.1, -0.05) is 0 Å². The number of ether oxygens (including phenoxy) is 1. The first kappa shape index (κ1) is 19.1. The summed E-state index contributed by atoms with van der Waals surface area (Å²) < 4.78 is 4.91. The van der Waals surface area contributed by atoms with Crippen LogP contribution in [0.15, 0.2) is 22.2 Å². The van der Waals surface area contributed by atoms with Crippen molar-refractivity contribution in [3.8, 4) is 10.6 Å². The predicted octanol–water partition coefficient (Wildman–Crippen LogP) is 1.60. The van der Waals surface area contributed by atoms with Gasteiger partial charge in [-0.2, -0.15) is 11.3 Å². The molecule has 0 atom stereocenters.